The van der Waals surface area contributed by atoms with Crippen molar-refractivity contribution in [3.05, 3.63) is 59.2 Å². The van der Waals surface area contributed by atoms with Gasteiger partial charge in [0.2, 0.25) is 0 Å². The first kappa shape index (κ1) is 18.7. The second-order valence-electron chi connectivity index (χ2n) is 9.77. The van der Waals surface area contributed by atoms with Crippen molar-refractivity contribution in [2.24, 2.45) is 23.2 Å². The van der Waals surface area contributed by atoms with E-state index in [4.69, 9.17) is 0 Å². The maximum Gasteiger partial charge on any atom is 0.139 e. The Morgan fingerprint density at radius 3 is 2.59 bits per heavy atom. The van der Waals surface area contributed by atoms with E-state index in [1.165, 1.54) is 16.7 Å². The van der Waals surface area contributed by atoms with Gasteiger partial charge >= 0.3 is 0 Å². The molecule has 2 fully saturated rings. The number of phenolic OH excluding ortho intramolecular Hbond substituents is 2. The highest BCUT2D eigenvalue weighted by Gasteiger charge is 2.58. The summed E-state index contributed by atoms with van der Waals surface area (Å²) in [4.78, 5) is 13.1. The molecule has 3 aliphatic rings. The maximum atomic E-state index is 13.1. The summed E-state index contributed by atoms with van der Waals surface area (Å²) in [5.74, 6) is 3.17. The van der Waals surface area contributed by atoms with Crippen molar-refractivity contribution in [3.8, 4) is 11.5 Å². The molecule has 2 N–H and O–H groups in total. The first-order valence-electron chi connectivity index (χ1n) is 11.1. The van der Waals surface area contributed by atoms with E-state index in [0.717, 1.165) is 44.9 Å². The molecule has 0 spiro atoms. The molecular formula is C26H30O3. The van der Waals surface area contributed by atoms with Gasteiger partial charge in [0.1, 0.15) is 17.3 Å². The van der Waals surface area contributed by atoms with Gasteiger partial charge < -0.3 is 10.2 Å². The van der Waals surface area contributed by atoms with Gasteiger partial charge in [-0.1, -0.05) is 25.1 Å². The molecule has 3 aliphatic carbocycles. The van der Waals surface area contributed by atoms with E-state index in [-0.39, 0.29) is 5.41 Å². The Bertz CT molecular complexity index is 931. The molecule has 2 saturated carbocycles. The van der Waals surface area contributed by atoms with Gasteiger partial charge in [-0.25, -0.2) is 0 Å². The Balaban J connectivity index is 1.41. The van der Waals surface area contributed by atoms with Gasteiger partial charge in [-0.15, -0.1) is 0 Å². The Labute approximate surface area is 172 Å². The van der Waals surface area contributed by atoms with Crippen LogP contribution in [0.15, 0.2) is 42.5 Å². The lowest BCUT2D eigenvalue weighted by molar-refractivity contribution is -0.129. The molecule has 3 nitrogen and oxygen atoms in total. The zero-order chi connectivity index (χ0) is 20.2. The molecule has 0 heterocycles. The molecule has 0 aliphatic heterocycles. The van der Waals surface area contributed by atoms with Gasteiger partial charge in [0.25, 0.3) is 0 Å². The fourth-order valence-corrected chi connectivity index (χ4v) is 6.91. The van der Waals surface area contributed by atoms with Crippen LogP contribution in [0, 0.1) is 23.2 Å². The Hall–Kier alpha value is -2.29. The third-order valence-corrected chi connectivity index (χ3v) is 8.29. The summed E-state index contributed by atoms with van der Waals surface area (Å²) in [5.41, 5.74) is 3.80. The van der Waals surface area contributed by atoms with E-state index < -0.39 is 0 Å². The Kier molecular flexibility index (Phi) is 4.45. The molecule has 0 saturated heterocycles. The van der Waals surface area contributed by atoms with Crippen molar-refractivity contribution in [1.29, 1.82) is 0 Å². The van der Waals surface area contributed by atoms with Crippen LogP contribution in [0.25, 0.3) is 0 Å². The van der Waals surface area contributed by atoms with Crippen LogP contribution in [0.3, 0.4) is 0 Å². The largest absolute Gasteiger partial charge is 0.508 e. The number of aromatic hydroxyl groups is 2. The van der Waals surface area contributed by atoms with Crippen molar-refractivity contribution in [2.75, 3.05) is 0 Å². The van der Waals surface area contributed by atoms with E-state index in [1.54, 1.807) is 12.1 Å². The molecule has 0 bridgehead atoms. The maximum absolute atomic E-state index is 13.1. The Morgan fingerprint density at radius 2 is 1.79 bits per heavy atom. The Morgan fingerprint density at radius 1 is 1.03 bits per heavy atom. The molecule has 0 aromatic heterocycles. The molecule has 2 aromatic rings. The number of carbonyl (C=O) groups excluding carboxylic acids is 1. The second-order valence-corrected chi connectivity index (χ2v) is 9.77. The van der Waals surface area contributed by atoms with Gasteiger partial charge in [0.05, 0.1) is 0 Å². The van der Waals surface area contributed by atoms with Crippen molar-refractivity contribution >= 4 is 5.78 Å². The molecule has 5 rings (SSSR count). The lowest BCUT2D eigenvalue weighted by atomic mass is 9.54. The van der Waals surface area contributed by atoms with Crippen LogP contribution < -0.4 is 0 Å². The first-order chi connectivity index (χ1) is 14.0. The average molecular weight is 391 g/mol. The van der Waals surface area contributed by atoms with Crippen molar-refractivity contribution in [2.45, 2.75) is 57.8 Å². The monoisotopic (exact) mass is 390 g/mol. The summed E-state index contributed by atoms with van der Waals surface area (Å²) in [6.45, 7) is 2.24. The van der Waals surface area contributed by atoms with Gasteiger partial charge in [-0.2, -0.15) is 0 Å². The fraction of sp³-hybridized carbons (Fsp3) is 0.500. The van der Waals surface area contributed by atoms with Crippen LogP contribution in [0.5, 0.6) is 11.5 Å². The third kappa shape index (κ3) is 3.06. The molecule has 29 heavy (non-hydrogen) atoms. The third-order valence-electron chi connectivity index (χ3n) is 8.29. The summed E-state index contributed by atoms with van der Waals surface area (Å²) in [5, 5.41) is 19.4. The number of benzene rings is 2. The summed E-state index contributed by atoms with van der Waals surface area (Å²) >= 11 is 0. The standard InChI is InChI=1S/C26H30O3/c1-26-13-12-22-21-11-9-20(28)14-17(21)6-10-23(22)25(26)18(15-24(26)29)5-2-16-3-7-19(27)8-4-16/h3-4,7-9,11,14,18,22-23,25,27-28H,2,5-6,10,12-13,15H2,1H3/t18-,22-,23-,25+,26-/m1/s1. The van der Waals surface area contributed by atoms with E-state index in [9.17, 15) is 15.0 Å². The van der Waals surface area contributed by atoms with E-state index in [1.807, 2.05) is 24.3 Å². The summed E-state index contributed by atoms with van der Waals surface area (Å²) in [7, 11) is 0. The van der Waals surface area contributed by atoms with Crippen LogP contribution in [0.1, 0.15) is 61.6 Å². The molecule has 3 heteroatoms. The summed E-state index contributed by atoms with van der Waals surface area (Å²) < 4.78 is 0. The van der Waals surface area contributed by atoms with E-state index in [2.05, 4.69) is 13.0 Å². The zero-order valence-corrected chi connectivity index (χ0v) is 17.1. The number of carbonyl (C=O) groups is 1. The van der Waals surface area contributed by atoms with Gasteiger partial charge in [-0.3, -0.25) is 4.79 Å². The van der Waals surface area contributed by atoms with Crippen LogP contribution >= 0.6 is 0 Å². The number of ketones is 1. The summed E-state index contributed by atoms with van der Waals surface area (Å²) in [6, 6.07) is 13.4. The number of hydrogen-bond acceptors (Lipinski definition) is 3. The lowest BCUT2D eigenvalue weighted by Crippen LogP contribution is -2.44. The van der Waals surface area contributed by atoms with Crippen molar-refractivity contribution in [1.82, 2.24) is 0 Å². The van der Waals surface area contributed by atoms with Crippen LogP contribution in [0.2, 0.25) is 0 Å². The van der Waals surface area contributed by atoms with Crippen LogP contribution in [0.4, 0.5) is 0 Å². The van der Waals surface area contributed by atoms with Gasteiger partial charge in [-0.05, 0) is 103 Å². The van der Waals surface area contributed by atoms with Crippen LogP contribution in [-0.4, -0.2) is 16.0 Å². The fourth-order valence-electron chi connectivity index (χ4n) is 6.91. The smallest absolute Gasteiger partial charge is 0.139 e. The minimum Gasteiger partial charge on any atom is -0.508 e. The molecule has 0 radical (unpaired) electrons. The lowest BCUT2D eigenvalue weighted by Gasteiger charge is -2.50. The normalized spacial score (nSPS) is 33.1. The number of aryl methyl sites for hydroxylation is 2. The molecule has 2 aromatic carbocycles. The predicted molar refractivity (Wildman–Crippen MR) is 113 cm³/mol. The highest BCUT2D eigenvalue weighted by molar-refractivity contribution is 5.87. The highest BCUT2D eigenvalue weighted by Crippen LogP contribution is 2.62. The number of hydrogen-bond donors (Lipinski definition) is 2. The average Bonchev–Trinajstić information content (AvgIpc) is 2.97. The first-order valence-corrected chi connectivity index (χ1v) is 11.1. The highest BCUT2D eigenvalue weighted by atomic mass is 16.3. The van der Waals surface area contributed by atoms with Crippen molar-refractivity contribution in [3.63, 3.8) is 0 Å². The SMILES string of the molecule is C[C@]12CC[C@@H]3c4ccc(O)cc4CC[C@H]3[C@@H]1[C@H](CCc1ccc(O)cc1)CC2=O. The number of Topliss-reactive ketones (excluding diaryl/α,β-unsaturated/α-hetero) is 1. The topological polar surface area (TPSA) is 57.5 Å². The number of fused-ring (bicyclic) bond motifs is 5. The zero-order valence-electron chi connectivity index (χ0n) is 17.1. The molecule has 0 unspecified atom stereocenters. The molecule has 5 atom stereocenters. The molecular weight excluding hydrogens is 360 g/mol. The van der Waals surface area contributed by atoms with Crippen molar-refractivity contribution < 1.29 is 15.0 Å². The minimum absolute atomic E-state index is 0.158. The quantitative estimate of drug-likeness (QED) is 0.739. The number of rotatable bonds is 3. The van der Waals surface area contributed by atoms with Gasteiger partial charge in [0.15, 0.2) is 0 Å². The predicted octanol–water partition coefficient (Wildman–Crippen LogP) is 5.38. The van der Waals surface area contributed by atoms with Gasteiger partial charge in [0, 0.05) is 11.8 Å². The number of phenols is 2. The van der Waals surface area contributed by atoms with E-state index >= 15 is 0 Å². The van der Waals surface area contributed by atoms with E-state index in [0.29, 0.717) is 41.0 Å². The van der Waals surface area contributed by atoms with Crippen LogP contribution in [-0.2, 0) is 17.6 Å². The second kappa shape index (κ2) is 6.90. The summed E-state index contributed by atoms with van der Waals surface area (Å²) in [6.07, 6.45) is 6.96. The molecule has 152 valence electrons. The minimum atomic E-state index is -0.158. The molecule has 0 amide bonds.